The first-order chi connectivity index (χ1) is 13.2. The average Bonchev–Trinajstić information content (AvgIpc) is 2.74. The van der Waals surface area contributed by atoms with Crippen LogP contribution in [0.15, 0.2) is 0 Å². The van der Waals surface area contributed by atoms with E-state index in [0.717, 1.165) is 0 Å². The highest BCUT2D eigenvalue weighted by molar-refractivity contribution is 5.73. The molecular weight excluding hydrogens is 384 g/mol. The van der Waals surface area contributed by atoms with Crippen molar-refractivity contribution in [3.05, 3.63) is 0 Å². The number of hydrogen-bond acceptors (Lipinski definition) is 6. The summed E-state index contributed by atoms with van der Waals surface area (Å²) >= 11 is 0. The summed E-state index contributed by atoms with van der Waals surface area (Å²) in [6, 6.07) is 0. The fraction of sp³-hybridized carbons (Fsp3) is 0.909. The molecule has 0 radical (unpaired) electrons. The van der Waals surface area contributed by atoms with E-state index in [-0.39, 0.29) is 35.0 Å². The number of carboxylic acids is 2. The van der Waals surface area contributed by atoms with Crippen LogP contribution in [0.25, 0.3) is 0 Å². The second-order valence-electron chi connectivity index (χ2n) is 11.8. The molecule has 0 aromatic heterocycles. The molecule has 2 heterocycles. The van der Waals surface area contributed by atoms with Gasteiger partial charge in [-0.25, -0.2) is 0 Å². The third-order valence-electron chi connectivity index (χ3n) is 8.15. The lowest BCUT2D eigenvalue weighted by Crippen LogP contribution is -2.59. The van der Waals surface area contributed by atoms with Crippen LogP contribution in [-0.4, -0.2) is 55.6 Å². The monoisotopic (exact) mass is 426 g/mol. The van der Waals surface area contributed by atoms with Crippen LogP contribution in [0.1, 0.15) is 82.1 Å². The highest BCUT2D eigenvalue weighted by Gasteiger charge is 2.58. The molecule has 2 aliphatic heterocycles. The Morgan fingerprint density at radius 2 is 0.767 bits per heavy atom. The first kappa shape index (κ1) is 25.0. The van der Waals surface area contributed by atoms with Gasteiger partial charge in [-0.2, -0.15) is 0 Å². The van der Waals surface area contributed by atoms with Crippen LogP contribution < -0.4 is 21.3 Å². The summed E-state index contributed by atoms with van der Waals surface area (Å²) in [6.07, 6.45) is 0.462. The largest absolute Gasteiger partial charge is 0.481 e. The fourth-order valence-corrected chi connectivity index (χ4v) is 5.28. The Morgan fingerprint density at radius 1 is 0.567 bits per heavy atom. The molecule has 2 rings (SSSR count). The average molecular weight is 427 g/mol. The molecule has 0 saturated carbocycles. The molecule has 0 amide bonds. The highest BCUT2D eigenvalue weighted by Crippen LogP contribution is 2.40. The van der Waals surface area contributed by atoms with Gasteiger partial charge in [0.25, 0.3) is 0 Å². The maximum Gasteiger partial charge on any atom is 0.309 e. The van der Waals surface area contributed by atoms with Crippen molar-refractivity contribution < 1.29 is 19.8 Å². The molecule has 8 heteroatoms. The van der Waals surface area contributed by atoms with Crippen LogP contribution in [0.5, 0.6) is 0 Å². The smallest absolute Gasteiger partial charge is 0.309 e. The molecule has 0 aromatic carbocycles. The van der Waals surface area contributed by atoms with Gasteiger partial charge in [-0.3, -0.25) is 30.9 Å². The van der Waals surface area contributed by atoms with E-state index in [9.17, 15) is 19.8 Å². The van der Waals surface area contributed by atoms with Crippen LogP contribution in [0.4, 0.5) is 0 Å². The summed E-state index contributed by atoms with van der Waals surface area (Å²) in [5, 5.41) is 33.9. The molecule has 0 aromatic rings. The van der Waals surface area contributed by atoms with Crippen molar-refractivity contribution in [2.75, 3.05) is 0 Å². The lowest BCUT2D eigenvalue weighted by molar-refractivity contribution is -0.149. The van der Waals surface area contributed by atoms with Gasteiger partial charge in [-0.05, 0) is 82.1 Å². The SMILES string of the molecule is CC1(C(CCC(C(=O)O)C2(C)NC(C)(C)C(C)(C)N2)C(=O)O)NC(C)(C)C(C)(C)N1. The number of hydrogen-bond donors (Lipinski definition) is 6. The maximum absolute atomic E-state index is 12.2. The molecule has 2 aliphatic rings. The predicted octanol–water partition coefficient (Wildman–Crippen LogP) is 2.10. The van der Waals surface area contributed by atoms with Crippen molar-refractivity contribution in [1.29, 1.82) is 0 Å². The van der Waals surface area contributed by atoms with Crippen LogP contribution in [-0.2, 0) is 9.59 Å². The van der Waals surface area contributed by atoms with Gasteiger partial charge in [-0.1, -0.05) is 0 Å². The fourth-order valence-electron chi connectivity index (χ4n) is 5.28. The summed E-state index contributed by atoms with van der Waals surface area (Å²) < 4.78 is 0. The Kier molecular flexibility index (Phi) is 5.97. The van der Waals surface area contributed by atoms with E-state index in [0.29, 0.717) is 0 Å². The molecule has 0 spiro atoms. The minimum Gasteiger partial charge on any atom is -0.481 e. The number of nitrogens with one attached hydrogen (secondary N) is 4. The summed E-state index contributed by atoms with van der Waals surface area (Å²) in [4.78, 5) is 24.5. The molecule has 2 atom stereocenters. The second kappa shape index (κ2) is 7.15. The van der Waals surface area contributed by atoms with Crippen molar-refractivity contribution >= 4 is 11.9 Å². The Labute approximate surface area is 181 Å². The van der Waals surface area contributed by atoms with Crippen LogP contribution >= 0.6 is 0 Å². The Balaban J connectivity index is 2.27. The summed E-state index contributed by atoms with van der Waals surface area (Å²) in [6.45, 7) is 20.1. The lowest BCUT2D eigenvalue weighted by Gasteiger charge is -2.37. The third-order valence-corrected chi connectivity index (χ3v) is 8.15. The second-order valence-corrected chi connectivity index (χ2v) is 11.8. The summed E-state index contributed by atoms with van der Waals surface area (Å²) in [5.41, 5.74) is -2.99. The molecule has 2 unspecified atom stereocenters. The zero-order chi connectivity index (χ0) is 23.6. The molecule has 174 valence electrons. The summed E-state index contributed by atoms with van der Waals surface area (Å²) in [5.74, 6) is -3.44. The van der Waals surface area contributed by atoms with E-state index in [4.69, 9.17) is 0 Å². The Bertz CT molecular complexity index is 622. The molecule has 2 fully saturated rings. The molecule has 6 N–H and O–H groups in total. The first-order valence-electron chi connectivity index (χ1n) is 10.8. The van der Waals surface area contributed by atoms with Gasteiger partial charge in [0.1, 0.15) is 0 Å². The van der Waals surface area contributed by atoms with E-state index >= 15 is 0 Å². The topological polar surface area (TPSA) is 123 Å². The minimum atomic E-state index is -0.937. The van der Waals surface area contributed by atoms with Crippen LogP contribution in [0.2, 0.25) is 0 Å². The normalized spacial score (nSPS) is 29.3. The van der Waals surface area contributed by atoms with Gasteiger partial charge in [0.05, 0.1) is 23.2 Å². The van der Waals surface area contributed by atoms with Crippen molar-refractivity contribution in [2.45, 2.75) is 116 Å². The van der Waals surface area contributed by atoms with Gasteiger partial charge in [0, 0.05) is 22.2 Å². The molecule has 2 saturated heterocycles. The van der Waals surface area contributed by atoms with Crippen LogP contribution in [0, 0.1) is 11.8 Å². The quantitative estimate of drug-likeness (QED) is 0.366. The zero-order valence-corrected chi connectivity index (χ0v) is 20.3. The maximum atomic E-state index is 12.2. The molecule has 0 bridgehead atoms. The van der Waals surface area contributed by atoms with Gasteiger partial charge in [-0.15, -0.1) is 0 Å². The molecule has 8 nitrogen and oxygen atoms in total. The highest BCUT2D eigenvalue weighted by atomic mass is 16.4. The van der Waals surface area contributed by atoms with Gasteiger partial charge < -0.3 is 10.2 Å². The zero-order valence-electron chi connectivity index (χ0n) is 20.3. The number of aliphatic carboxylic acids is 2. The van der Waals surface area contributed by atoms with Crippen molar-refractivity contribution in [3.8, 4) is 0 Å². The van der Waals surface area contributed by atoms with E-state index in [1.165, 1.54) is 0 Å². The van der Waals surface area contributed by atoms with Gasteiger partial charge in [0.15, 0.2) is 0 Å². The van der Waals surface area contributed by atoms with Crippen molar-refractivity contribution in [2.24, 2.45) is 11.8 Å². The lowest BCUT2D eigenvalue weighted by atomic mass is 9.82. The Hall–Kier alpha value is -1.22. The van der Waals surface area contributed by atoms with Crippen LogP contribution in [0.3, 0.4) is 0 Å². The number of carbonyl (C=O) groups is 2. The predicted molar refractivity (Wildman–Crippen MR) is 117 cm³/mol. The number of carboxylic acid groups (broad SMARTS) is 2. The molecular formula is C22H42N4O4. The standard InChI is InChI=1S/C22H42N4O4/c1-17(2)18(3,4)24-21(9,23-17)13(15(27)28)11-12-14(16(29)30)22(10)25-19(5,6)20(7,8)26-22/h13-14,23-26H,11-12H2,1-10H3,(H,27,28)(H,29,30). The third kappa shape index (κ3) is 4.11. The van der Waals surface area contributed by atoms with E-state index in [1.807, 2.05) is 69.2 Å². The minimum absolute atomic E-state index is 0.231. The van der Waals surface area contributed by atoms with E-state index in [1.54, 1.807) is 0 Å². The van der Waals surface area contributed by atoms with Gasteiger partial charge in [0.2, 0.25) is 0 Å². The van der Waals surface area contributed by atoms with E-state index in [2.05, 4.69) is 21.3 Å². The van der Waals surface area contributed by atoms with Crippen molar-refractivity contribution in [3.63, 3.8) is 0 Å². The van der Waals surface area contributed by atoms with Gasteiger partial charge >= 0.3 is 11.9 Å². The molecule has 0 aliphatic carbocycles. The molecule has 30 heavy (non-hydrogen) atoms. The summed E-state index contributed by atoms with van der Waals surface area (Å²) in [7, 11) is 0. The van der Waals surface area contributed by atoms with Crippen molar-refractivity contribution in [1.82, 2.24) is 21.3 Å². The number of rotatable bonds is 7. The van der Waals surface area contributed by atoms with E-state index < -0.39 is 35.1 Å². The first-order valence-corrected chi connectivity index (χ1v) is 10.8. The Morgan fingerprint density at radius 3 is 0.933 bits per heavy atom.